The van der Waals surface area contributed by atoms with Gasteiger partial charge in [0, 0.05) is 18.5 Å². The van der Waals surface area contributed by atoms with Gasteiger partial charge in [0.1, 0.15) is 17.7 Å². The van der Waals surface area contributed by atoms with Gasteiger partial charge < -0.3 is 10.5 Å². The smallest absolute Gasteiger partial charge is 0.280 e. The van der Waals surface area contributed by atoms with E-state index in [9.17, 15) is 9.18 Å². The highest BCUT2D eigenvalue weighted by Gasteiger charge is 2.30. The molecule has 0 aliphatic carbocycles. The van der Waals surface area contributed by atoms with E-state index in [1.54, 1.807) is 6.92 Å². The third kappa shape index (κ3) is 2.37. The number of amides is 1. The van der Waals surface area contributed by atoms with Gasteiger partial charge in [0.25, 0.3) is 5.91 Å². The summed E-state index contributed by atoms with van der Waals surface area (Å²) in [6.45, 7) is 2.13. The van der Waals surface area contributed by atoms with Gasteiger partial charge in [0.2, 0.25) is 0 Å². The molecule has 7 heteroatoms. The van der Waals surface area contributed by atoms with Gasteiger partial charge >= 0.3 is 0 Å². The Labute approximate surface area is 120 Å². The standard InChI is InChI=1S/C14H13FN4O2/c1-8-7-19(10-3-2-9(15)6-11(10)21-8)14(20)12-13(16)18-5-4-17-12/h2-6,8H,7H2,1H3,(H2,16,18)/t8-/m1/s1. The molecule has 1 aliphatic heterocycles. The zero-order chi connectivity index (χ0) is 15.0. The Morgan fingerprint density at radius 1 is 1.43 bits per heavy atom. The number of carbonyl (C=O) groups is 1. The maximum atomic E-state index is 13.3. The number of nitrogens with two attached hydrogens (primary N) is 1. The fraction of sp³-hybridized carbons (Fsp3) is 0.214. The van der Waals surface area contributed by atoms with Gasteiger partial charge in [-0.3, -0.25) is 9.69 Å². The summed E-state index contributed by atoms with van der Waals surface area (Å²) in [7, 11) is 0. The van der Waals surface area contributed by atoms with E-state index >= 15 is 0 Å². The average molecular weight is 288 g/mol. The Morgan fingerprint density at radius 3 is 2.95 bits per heavy atom. The van der Waals surface area contributed by atoms with Gasteiger partial charge in [-0.1, -0.05) is 0 Å². The maximum Gasteiger partial charge on any atom is 0.280 e. The average Bonchev–Trinajstić information content (AvgIpc) is 2.45. The molecule has 2 N–H and O–H groups in total. The van der Waals surface area contributed by atoms with Crippen LogP contribution in [-0.2, 0) is 0 Å². The van der Waals surface area contributed by atoms with Crippen LogP contribution in [0.2, 0.25) is 0 Å². The Kier molecular flexibility index (Phi) is 3.17. The number of hydrogen-bond donors (Lipinski definition) is 1. The van der Waals surface area contributed by atoms with E-state index in [0.29, 0.717) is 18.0 Å². The molecule has 1 amide bonds. The number of fused-ring (bicyclic) bond motifs is 1. The summed E-state index contributed by atoms with van der Waals surface area (Å²) in [4.78, 5) is 21.9. The van der Waals surface area contributed by atoms with Gasteiger partial charge in [-0.25, -0.2) is 14.4 Å². The number of hydrogen-bond acceptors (Lipinski definition) is 5. The van der Waals surface area contributed by atoms with Crippen LogP contribution in [0.3, 0.4) is 0 Å². The number of nitrogen functional groups attached to an aromatic ring is 1. The highest BCUT2D eigenvalue weighted by molar-refractivity contribution is 6.08. The molecule has 0 radical (unpaired) electrons. The summed E-state index contributed by atoms with van der Waals surface area (Å²) in [5.41, 5.74) is 6.26. The Morgan fingerprint density at radius 2 is 2.19 bits per heavy atom. The largest absolute Gasteiger partial charge is 0.487 e. The zero-order valence-electron chi connectivity index (χ0n) is 11.3. The second kappa shape index (κ2) is 5.01. The van der Waals surface area contributed by atoms with Crippen molar-refractivity contribution in [3.8, 4) is 5.75 Å². The minimum absolute atomic E-state index is 0.0605. The lowest BCUT2D eigenvalue weighted by atomic mass is 10.1. The molecule has 1 atom stereocenters. The van der Waals surface area contributed by atoms with Crippen LogP contribution in [-0.4, -0.2) is 28.5 Å². The van der Waals surface area contributed by atoms with Crippen LogP contribution in [0.15, 0.2) is 30.6 Å². The van der Waals surface area contributed by atoms with Crippen LogP contribution in [0.25, 0.3) is 0 Å². The van der Waals surface area contributed by atoms with Gasteiger partial charge in [-0.05, 0) is 19.1 Å². The van der Waals surface area contributed by atoms with Crippen molar-refractivity contribution in [1.29, 1.82) is 0 Å². The van der Waals surface area contributed by atoms with Crippen molar-refractivity contribution >= 4 is 17.4 Å². The predicted molar refractivity (Wildman–Crippen MR) is 74.6 cm³/mol. The molecular formula is C14H13FN4O2. The minimum Gasteiger partial charge on any atom is -0.487 e. The van der Waals surface area contributed by atoms with E-state index in [-0.39, 0.29) is 23.5 Å². The summed E-state index contributed by atoms with van der Waals surface area (Å²) >= 11 is 0. The molecular weight excluding hydrogens is 275 g/mol. The molecule has 0 saturated carbocycles. The van der Waals surface area contributed by atoms with Crippen LogP contribution in [0.5, 0.6) is 5.75 Å². The van der Waals surface area contributed by atoms with Crippen molar-refractivity contribution in [2.24, 2.45) is 0 Å². The third-order valence-electron chi connectivity index (χ3n) is 3.15. The molecule has 1 aromatic heterocycles. The first-order chi connectivity index (χ1) is 10.1. The van der Waals surface area contributed by atoms with Crippen LogP contribution >= 0.6 is 0 Å². The molecule has 0 saturated heterocycles. The first kappa shape index (κ1) is 13.3. The Bertz CT molecular complexity index is 707. The Hall–Kier alpha value is -2.70. The predicted octanol–water partition coefficient (Wildman–Crippen LogP) is 1.63. The normalized spacial score (nSPS) is 17.0. The maximum absolute atomic E-state index is 13.3. The van der Waals surface area contributed by atoms with Crippen LogP contribution < -0.4 is 15.4 Å². The first-order valence-electron chi connectivity index (χ1n) is 6.41. The molecule has 6 nitrogen and oxygen atoms in total. The first-order valence-corrected chi connectivity index (χ1v) is 6.41. The van der Waals surface area contributed by atoms with Gasteiger partial charge in [-0.15, -0.1) is 0 Å². The van der Waals surface area contributed by atoms with E-state index < -0.39 is 5.82 Å². The van der Waals surface area contributed by atoms with Crippen molar-refractivity contribution < 1.29 is 13.9 Å². The molecule has 0 spiro atoms. The molecule has 2 aromatic rings. The van der Waals surface area contributed by atoms with Gasteiger partial charge in [0.15, 0.2) is 11.5 Å². The molecule has 3 rings (SSSR count). The highest BCUT2D eigenvalue weighted by Crippen LogP contribution is 2.34. The van der Waals surface area contributed by atoms with Crippen LogP contribution in [0.1, 0.15) is 17.4 Å². The van der Waals surface area contributed by atoms with Crippen molar-refractivity contribution in [3.63, 3.8) is 0 Å². The van der Waals surface area contributed by atoms with Gasteiger partial charge in [-0.2, -0.15) is 0 Å². The van der Waals surface area contributed by atoms with Crippen molar-refractivity contribution in [1.82, 2.24) is 9.97 Å². The molecule has 0 bridgehead atoms. The second-order valence-corrected chi connectivity index (χ2v) is 4.75. The Balaban J connectivity index is 2.04. The summed E-state index contributed by atoms with van der Waals surface area (Å²) in [5, 5.41) is 0. The van der Waals surface area contributed by atoms with Crippen molar-refractivity contribution in [2.45, 2.75) is 13.0 Å². The lowest BCUT2D eigenvalue weighted by Crippen LogP contribution is -2.43. The highest BCUT2D eigenvalue weighted by atomic mass is 19.1. The minimum atomic E-state index is -0.422. The lowest BCUT2D eigenvalue weighted by molar-refractivity contribution is 0.0956. The number of rotatable bonds is 1. The molecule has 1 aromatic carbocycles. The summed E-state index contributed by atoms with van der Waals surface area (Å²) in [5.74, 6) is -0.423. The van der Waals surface area contributed by atoms with E-state index in [1.165, 1.54) is 35.5 Å². The fourth-order valence-electron chi connectivity index (χ4n) is 2.25. The van der Waals surface area contributed by atoms with E-state index in [4.69, 9.17) is 10.5 Å². The fourth-order valence-corrected chi connectivity index (χ4v) is 2.25. The SMILES string of the molecule is C[C@@H]1CN(C(=O)c2nccnc2N)c2ccc(F)cc2O1. The number of anilines is 2. The van der Waals surface area contributed by atoms with Crippen LogP contribution in [0.4, 0.5) is 15.9 Å². The van der Waals surface area contributed by atoms with Crippen molar-refractivity contribution in [3.05, 3.63) is 42.1 Å². The molecule has 0 unspecified atom stereocenters. The van der Waals surface area contributed by atoms with E-state index in [1.807, 2.05) is 0 Å². The molecule has 0 fully saturated rings. The monoisotopic (exact) mass is 288 g/mol. The number of halogens is 1. The van der Waals surface area contributed by atoms with Crippen LogP contribution in [0, 0.1) is 5.82 Å². The summed E-state index contributed by atoms with van der Waals surface area (Å²) < 4.78 is 18.9. The number of carbonyl (C=O) groups excluding carboxylic acids is 1. The summed E-state index contributed by atoms with van der Waals surface area (Å²) in [6, 6.07) is 4.03. The van der Waals surface area contributed by atoms with Crippen molar-refractivity contribution in [2.75, 3.05) is 17.2 Å². The third-order valence-corrected chi connectivity index (χ3v) is 3.15. The lowest BCUT2D eigenvalue weighted by Gasteiger charge is -2.33. The van der Waals surface area contributed by atoms with Gasteiger partial charge in [0.05, 0.1) is 12.2 Å². The number of benzene rings is 1. The number of ether oxygens (including phenoxy) is 1. The number of aromatic nitrogens is 2. The quantitative estimate of drug-likeness (QED) is 0.862. The zero-order valence-corrected chi connectivity index (χ0v) is 11.3. The van der Waals surface area contributed by atoms with E-state index in [0.717, 1.165) is 0 Å². The molecule has 2 heterocycles. The molecule has 21 heavy (non-hydrogen) atoms. The second-order valence-electron chi connectivity index (χ2n) is 4.75. The topological polar surface area (TPSA) is 81.3 Å². The number of nitrogens with zero attached hydrogens (tertiary/aromatic N) is 3. The van der Waals surface area contributed by atoms with E-state index in [2.05, 4.69) is 9.97 Å². The summed E-state index contributed by atoms with van der Waals surface area (Å²) in [6.07, 6.45) is 2.55. The molecule has 1 aliphatic rings. The molecule has 108 valence electrons.